The average molecular weight is 334 g/mol. The third-order valence-electron chi connectivity index (χ3n) is 5.82. The molecule has 1 saturated heterocycles. The molecule has 0 bridgehead atoms. The van der Waals surface area contributed by atoms with Gasteiger partial charge in [-0.15, -0.1) is 0 Å². The van der Waals surface area contributed by atoms with E-state index in [4.69, 9.17) is 9.47 Å². The molecule has 3 aliphatic rings. The van der Waals surface area contributed by atoms with Gasteiger partial charge in [0, 0.05) is 23.8 Å². The second kappa shape index (κ2) is 5.73. The van der Waals surface area contributed by atoms with E-state index in [9.17, 15) is 14.7 Å². The van der Waals surface area contributed by atoms with Crippen LogP contribution in [-0.4, -0.2) is 34.9 Å². The monoisotopic (exact) mass is 334 g/mol. The lowest BCUT2D eigenvalue weighted by Crippen LogP contribution is -2.40. The first kappa shape index (κ1) is 17.2. The largest absolute Gasteiger partial charge is 0.461 e. The highest BCUT2D eigenvalue weighted by molar-refractivity contribution is 5.91. The summed E-state index contributed by atoms with van der Waals surface area (Å²) in [5, 5.41) is 11.1. The van der Waals surface area contributed by atoms with E-state index in [0.717, 1.165) is 12.0 Å². The molecule has 1 heterocycles. The van der Waals surface area contributed by atoms with E-state index in [1.54, 1.807) is 20.8 Å². The normalized spacial score (nSPS) is 41.4. The summed E-state index contributed by atoms with van der Waals surface area (Å²) in [6, 6.07) is 0. The molecule has 132 valence electrons. The Morgan fingerprint density at radius 1 is 1.46 bits per heavy atom. The summed E-state index contributed by atoms with van der Waals surface area (Å²) in [7, 11) is 0. The number of carbonyl (C=O) groups excluding carboxylic acids is 2. The number of fused-ring (bicyclic) bond motifs is 3. The average Bonchev–Trinajstić information content (AvgIpc) is 2.96. The molecular formula is C19H26O5. The molecule has 5 nitrogen and oxygen atoms in total. The molecule has 0 radical (unpaired) electrons. The number of carbonyl (C=O) groups is 2. The topological polar surface area (TPSA) is 72.8 Å². The highest BCUT2D eigenvalue weighted by Gasteiger charge is 2.58. The SMILES string of the molecule is C=C1C(=O)O[C@@H]2C3C(C)=CCC3[C@](C)(O)C[C@@H](OC(=O)C(C)C)[C@@H]12. The second-order valence-corrected chi connectivity index (χ2v) is 7.93. The molecule has 0 aromatic rings. The Morgan fingerprint density at radius 2 is 2.12 bits per heavy atom. The van der Waals surface area contributed by atoms with Crippen LogP contribution in [0.3, 0.4) is 0 Å². The van der Waals surface area contributed by atoms with Crippen molar-refractivity contribution in [2.24, 2.45) is 23.7 Å². The molecule has 1 N–H and O–H groups in total. The predicted octanol–water partition coefficient (Wildman–Crippen LogP) is 2.39. The number of hydrogen-bond donors (Lipinski definition) is 1. The van der Waals surface area contributed by atoms with Gasteiger partial charge in [-0.1, -0.05) is 32.1 Å². The maximum Gasteiger partial charge on any atom is 0.334 e. The molecule has 3 rings (SSSR count). The smallest absolute Gasteiger partial charge is 0.334 e. The van der Waals surface area contributed by atoms with Gasteiger partial charge in [0.15, 0.2) is 0 Å². The molecule has 1 saturated carbocycles. The van der Waals surface area contributed by atoms with Crippen LogP contribution in [0, 0.1) is 23.7 Å². The number of hydrogen-bond acceptors (Lipinski definition) is 5. The number of esters is 2. The van der Waals surface area contributed by atoms with Gasteiger partial charge in [-0.05, 0) is 20.3 Å². The Morgan fingerprint density at radius 3 is 2.75 bits per heavy atom. The molecule has 0 amide bonds. The molecule has 2 fully saturated rings. The predicted molar refractivity (Wildman–Crippen MR) is 87.8 cm³/mol. The van der Waals surface area contributed by atoms with Crippen molar-refractivity contribution in [1.82, 2.24) is 0 Å². The van der Waals surface area contributed by atoms with Crippen LogP contribution >= 0.6 is 0 Å². The van der Waals surface area contributed by atoms with Crippen molar-refractivity contribution in [1.29, 1.82) is 0 Å². The van der Waals surface area contributed by atoms with Crippen molar-refractivity contribution >= 4 is 11.9 Å². The molecule has 2 aliphatic carbocycles. The number of rotatable bonds is 2. The number of ether oxygens (including phenoxy) is 2. The lowest BCUT2D eigenvalue weighted by molar-refractivity contribution is -0.158. The third kappa shape index (κ3) is 2.59. The Bertz CT molecular complexity index is 615. The minimum Gasteiger partial charge on any atom is -0.461 e. The quantitative estimate of drug-likeness (QED) is 0.477. The summed E-state index contributed by atoms with van der Waals surface area (Å²) in [5.41, 5.74) is 0.462. The third-order valence-corrected chi connectivity index (χ3v) is 5.82. The van der Waals surface area contributed by atoms with Crippen LogP contribution in [0.2, 0.25) is 0 Å². The van der Waals surface area contributed by atoms with Crippen LogP contribution in [-0.2, 0) is 19.1 Å². The van der Waals surface area contributed by atoms with Gasteiger partial charge in [0.2, 0.25) is 0 Å². The molecule has 24 heavy (non-hydrogen) atoms. The zero-order chi connectivity index (χ0) is 17.8. The first-order chi connectivity index (χ1) is 11.1. The number of allylic oxidation sites excluding steroid dienone is 1. The molecule has 0 aromatic heterocycles. The van der Waals surface area contributed by atoms with Crippen molar-refractivity contribution in [3.05, 3.63) is 23.8 Å². The van der Waals surface area contributed by atoms with Gasteiger partial charge < -0.3 is 14.6 Å². The molecule has 0 spiro atoms. The van der Waals surface area contributed by atoms with Gasteiger partial charge in [-0.25, -0.2) is 4.79 Å². The van der Waals surface area contributed by atoms with E-state index in [-0.39, 0.29) is 30.1 Å². The van der Waals surface area contributed by atoms with Gasteiger partial charge in [-0.2, -0.15) is 0 Å². The van der Waals surface area contributed by atoms with Gasteiger partial charge in [-0.3, -0.25) is 4.79 Å². The molecule has 1 aliphatic heterocycles. The van der Waals surface area contributed by atoms with Crippen molar-refractivity contribution < 1.29 is 24.2 Å². The lowest BCUT2D eigenvalue weighted by atomic mass is 9.76. The molecule has 6 atom stereocenters. The zero-order valence-electron chi connectivity index (χ0n) is 14.7. The summed E-state index contributed by atoms with van der Waals surface area (Å²) in [6.45, 7) is 11.2. The second-order valence-electron chi connectivity index (χ2n) is 7.93. The van der Waals surface area contributed by atoms with Crippen molar-refractivity contribution in [3.63, 3.8) is 0 Å². The zero-order valence-corrected chi connectivity index (χ0v) is 14.7. The Balaban J connectivity index is 2.01. The Hall–Kier alpha value is -1.62. The van der Waals surface area contributed by atoms with Gasteiger partial charge in [0.05, 0.1) is 17.4 Å². The van der Waals surface area contributed by atoms with Crippen LogP contribution in [0.25, 0.3) is 0 Å². The highest BCUT2D eigenvalue weighted by atomic mass is 16.6. The van der Waals surface area contributed by atoms with Gasteiger partial charge in [0.25, 0.3) is 0 Å². The summed E-state index contributed by atoms with van der Waals surface area (Å²) in [6.07, 6.45) is 2.10. The maximum atomic E-state index is 12.2. The lowest BCUT2D eigenvalue weighted by Gasteiger charge is -2.34. The molecular weight excluding hydrogens is 308 g/mol. The minimum absolute atomic E-state index is 0.0496. The van der Waals surface area contributed by atoms with Crippen LogP contribution in [0.4, 0.5) is 0 Å². The molecule has 2 unspecified atom stereocenters. The minimum atomic E-state index is -1.00. The molecule has 0 aromatic carbocycles. The summed E-state index contributed by atoms with van der Waals surface area (Å²) in [4.78, 5) is 24.3. The van der Waals surface area contributed by atoms with E-state index in [2.05, 4.69) is 12.7 Å². The van der Waals surface area contributed by atoms with Crippen LogP contribution in [0.15, 0.2) is 23.8 Å². The summed E-state index contributed by atoms with van der Waals surface area (Å²) >= 11 is 0. The summed E-state index contributed by atoms with van der Waals surface area (Å²) < 4.78 is 11.3. The van der Waals surface area contributed by atoms with Crippen LogP contribution in [0.5, 0.6) is 0 Å². The Labute approximate surface area is 142 Å². The van der Waals surface area contributed by atoms with Crippen LogP contribution < -0.4 is 0 Å². The summed E-state index contributed by atoms with van der Waals surface area (Å²) in [5.74, 6) is -1.54. The van der Waals surface area contributed by atoms with Gasteiger partial charge in [0.1, 0.15) is 12.2 Å². The van der Waals surface area contributed by atoms with E-state index in [0.29, 0.717) is 5.57 Å². The van der Waals surface area contributed by atoms with Crippen molar-refractivity contribution in [2.75, 3.05) is 0 Å². The van der Waals surface area contributed by atoms with E-state index in [1.165, 1.54) is 0 Å². The standard InChI is InChI=1S/C19H26O5/c1-9(2)17(20)23-13-8-19(5,22)12-7-6-10(3)14(12)16-15(13)11(4)18(21)24-16/h6,9,12-16,22H,4,7-8H2,1-3,5H3/t12?,13-,14?,15-,16-,19-/m1/s1. The fourth-order valence-corrected chi connectivity index (χ4v) is 4.47. The van der Waals surface area contributed by atoms with E-state index >= 15 is 0 Å². The van der Waals surface area contributed by atoms with E-state index < -0.39 is 29.7 Å². The van der Waals surface area contributed by atoms with Crippen molar-refractivity contribution in [3.8, 4) is 0 Å². The van der Waals surface area contributed by atoms with Crippen LogP contribution in [0.1, 0.15) is 40.5 Å². The Kier molecular flexibility index (Phi) is 4.11. The first-order valence-electron chi connectivity index (χ1n) is 8.62. The maximum absolute atomic E-state index is 12.2. The van der Waals surface area contributed by atoms with Crippen molar-refractivity contribution in [2.45, 2.75) is 58.3 Å². The number of aliphatic hydroxyl groups is 1. The molecule has 5 heteroatoms. The fraction of sp³-hybridized carbons (Fsp3) is 0.684. The fourth-order valence-electron chi connectivity index (χ4n) is 4.47. The van der Waals surface area contributed by atoms with Gasteiger partial charge >= 0.3 is 11.9 Å². The van der Waals surface area contributed by atoms with E-state index in [1.807, 2.05) is 6.92 Å². The highest BCUT2D eigenvalue weighted by Crippen LogP contribution is 2.52. The first-order valence-corrected chi connectivity index (χ1v) is 8.62.